The minimum absolute atomic E-state index is 0. The molecule has 1 heterocycles. The second-order valence-electron chi connectivity index (χ2n) is 2.81. The topological polar surface area (TPSA) is 116 Å². The molecule has 0 aromatic heterocycles. The summed E-state index contributed by atoms with van der Waals surface area (Å²) in [5.74, 6) is 0. The molecule has 5 atom stereocenters. The summed E-state index contributed by atoms with van der Waals surface area (Å²) in [7, 11) is 0. The Labute approximate surface area is 110 Å². The average Bonchev–Trinajstić information content (AvgIpc) is 2.08. The number of halogens is 1. The Morgan fingerprint density at radius 1 is 1.14 bits per heavy atom. The van der Waals surface area contributed by atoms with Crippen molar-refractivity contribution in [3.8, 4) is 0 Å². The van der Waals surface area contributed by atoms with Crippen molar-refractivity contribution in [1.82, 2.24) is 0 Å². The molecule has 0 radical (unpaired) electrons. The standard InChI is InChI=1S/C6H13NO5.ClH.Na/c7-3-5(10)4(9)2(1-8)12-6(3)11;;/h2-6,8-11H,1,7H2;1H;/q;;+1/p-1/t2-,3-,4-,5-,6-;;/m1../s1. The van der Waals surface area contributed by atoms with Gasteiger partial charge in [-0.2, -0.15) is 0 Å². The molecule has 0 spiro atoms. The Hall–Kier alpha value is 1.05. The van der Waals surface area contributed by atoms with Crippen molar-refractivity contribution in [2.75, 3.05) is 6.61 Å². The first-order valence-corrected chi connectivity index (χ1v) is 3.64. The zero-order valence-corrected chi connectivity index (χ0v) is 10.5. The van der Waals surface area contributed by atoms with Crippen LogP contribution in [0.1, 0.15) is 0 Å². The van der Waals surface area contributed by atoms with Crippen molar-refractivity contribution in [3.05, 3.63) is 0 Å². The van der Waals surface area contributed by atoms with Crippen molar-refractivity contribution < 1.29 is 67.1 Å². The van der Waals surface area contributed by atoms with Gasteiger partial charge in [0.05, 0.1) is 12.6 Å². The van der Waals surface area contributed by atoms with Crippen LogP contribution in [0.4, 0.5) is 0 Å². The molecule has 1 aliphatic heterocycles. The first-order valence-electron chi connectivity index (χ1n) is 3.64. The smallest absolute Gasteiger partial charge is 1.00 e. The van der Waals surface area contributed by atoms with E-state index in [0.29, 0.717) is 0 Å². The van der Waals surface area contributed by atoms with Crippen molar-refractivity contribution in [2.24, 2.45) is 5.73 Å². The normalized spacial score (nSPS) is 42.2. The summed E-state index contributed by atoms with van der Waals surface area (Å²) in [6, 6.07) is -1.04. The van der Waals surface area contributed by atoms with Gasteiger partial charge in [-0.3, -0.25) is 0 Å². The van der Waals surface area contributed by atoms with Crippen LogP contribution in [0.2, 0.25) is 0 Å². The molecule has 0 bridgehead atoms. The van der Waals surface area contributed by atoms with E-state index < -0.39 is 37.3 Å². The van der Waals surface area contributed by atoms with Crippen LogP contribution in [0.5, 0.6) is 0 Å². The predicted molar refractivity (Wildman–Crippen MR) is 38.0 cm³/mol. The number of hydrogen-bond donors (Lipinski definition) is 5. The molecule has 0 aliphatic carbocycles. The van der Waals surface area contributed by atoms with Crippen molar-refractivity contribution in [1.29, 1.82) is 0 Å². The van der Waals surface area contributed by atoms with E-state index in [1.807, 2.05) is 0 Å². The number of aliphatic hydroxyl groups excluding tert-OH is 4. The zero-order valence-electron chi connectivity index (χ0n) is 7.75. The Morgan fingerprint density at radius 3 is 2.07 bits per heavy atom. The zero-order chi connectivity index (χ0) is 9.30. The second-order valence-corrected chi connectivity index (χ2v) is 2.81. The fourth-order valence-electron chi connectivity index (χ4n) is 1.12. The number of rotatable bonds is 1. The van der Waals surface area contributed by atoms with Crippen LogP contribution in [0.3, 0.4) is 0 Å². The first kappa shape index (κ1) is 17.4. The molecule has 1 rings (SSSR count). The molecule has 0 aromatic carbocycles. The molecule has 8 heteroatoms. The van der Waals surface area contributed by atoms with Gasteiger partial charge in [0.15, 0.2) is 6.29 Å². The minimum Gasteiger partial charge on any atom is -1.00 e. The first-order chi connectivity index (χ1) is 5.57. The maximum atomic E-state index is 9.20. The van der Waals surface area contributed by atoms with Gasteiger partial charge >= 0.3 is 29.6 Å². The summed E-state index contributed by atoms with van der Waals surface area (Å²) in [4.78, 5) is 0. The van der Waals surface area contributed by atoms with E-state index in [0.717, 1.165) is 0 Å². The second kappa shape index (κ2) is 7.34. The fraction of sp³-hybridized carbons (Fsp3) is 1.00. The van der Waals surface area contributed by atoms with Gasteiger partial charge in [0, 0.05) is 0 Å². The largest absolute Gasteiger partial charge is 1.00 e. The molecule has 6 nitrogen and oxygen atoms in total. The molecule has 1 aliphatic rings. The van der Waals surface area contributed by atoms with Crippen molar-refractivity contribution in [3.63, 3.8) is 0 Å². The van der Waals surface area contributed by atoms with Crippen molar-refractivity contribution in [2.45, 2.75) is 30.6 Å². The number of ether oxygens (including phenoxy) is 1. The molecule has 80 valence electrons. The predicted octanol–water partition coefficient (Wildman–Crippen LogP) is -9.25. The van der Waals surface area contributed by atoms with Gasteiger partial charge in [-0.05, 0) is 0 Å². The van der Waals surface area contributed by atoms with Gasteiger partial charge in [0.25, 0.3) is 0 Å². The van der Waals surface area contributed by atoms with E-state index >= 15 is 0 Å². The van der Waals surface area contributed by atoms with Crippen LogP contribution < -0.4 is 47.7 Å². The molecule has 0 unspecified atom stereocenters. The van der Waals surface area contributed by atoms with Gasteiger partial charge in [0.2, 0.25) is 0 Å². The Morgan fingerprint density at radius 2 is 1.64 bits per heavy atom. The molecular weight excluding hydrogens is 225 g/mol. The molecule has 1 saturated heterocycles. The summed E-state index contributed by atoms with van der Waals surface area (Å²) in [5.41, 5.74) is 5.26. The Bertz CT molecular complexity index is 160. The summed E-state index contributed by atoms with van der Waals surface area (Å²) in [6.45, 7) is -0.470. The Kier molecular flexibility index (Phi) is 9.15. The van der Waals surface area contributed by atoms with Crippen LogP contribution in [0, 0.1) is 0 Å². The van der Waals surface area contributed by atoms with Crippen LogP contribution in [0.15, 0.2) is 0 Å². The van der Waals surface area contributed by atoms with Gasteiger partial charge < -0.3 is 43.3 Å². The quantitative estimate of drug-likeness (QED) is 0.289. The third kappa shape index (κ3) is 3.57. The fourth-order valence-corrected chi connectivity index (χ4v) is 1.12. The van der Waals surface area contributed by atoms with Crippen LogP contribution in [-0.4, -0.2) is 57.7 Å². The van der Waals surface area contributed by atoms with E-state index in [1.54, 1.807) is 0 Å². The molecule has 6 N–H and O–H groups in total. The summed E-state index contributed by atoms with van der Waals surface area (Å²) >= 11 is 0. The van der Waals surface area contributed by atoms with Crippen molar-refractivity contribution >= 4 is 0 Å². The Balaban J connectivity index is 0. The summed E-state index contributed by atoms with van der Waals surface area (Å²) < 4.78 is 4.70. The minimum atomic E-state index is -1.35. The van der Waals surface area contributed by atoms with E-state index in [2.05, 4.69) is 0 Å². The monoisotopic (exact) mass is 237 g/mol. The maximum absolute atomic E-state index is 9.20. The third-order valence-corrected chi connectivity index (χ3v) is 1.95. The molecule has 14 heavy (non-hydrogen) atoms. The van der Waals surface area contributed by atoms with Gasteiger partial charge in [-0.15, -0.1) is 0 Å². The van der Waals surface area contributed by atoms with Crippen LogP contribution in [-0.2, 0) is 4.74 Å². The molecule has 0 amide bonds. The van der Waals surface area contributed by atoms with E-state index in [-0.39, 0.29) is 42.0 Å². The number of aliphatic hydroxyl groups is 4. The number of hydrogen-bond acceptors (Lipinski definition) is 6. The van der Waals surface area contributed by atoms with E-state index in [4.69, 9.17) is 20.7 Å². The maximum Gasteiger partial charge on any atom is 1.00 e. The summed E-state index contributed by atoms with van der Waals surface area (Å²) in [6.07, 6.45) is -4.85. The molecule has 0 aromatic rings. The summed E-state index contributed by atoms with van der Waals surface area (Å²) in [5, 5.41) is 36.1. The van der Waals surface area contributed by atoms with Crippen LogP contribution >= 0.6 is 0 Å². The average molecular weight is 238 g/mol. The van der Waals surface area contributed by atoms with E-state index in [1.165, 1.54) is 0 Å². The van der Waals surface area contributed by atoms with E-state index in [9.17, 15) is 10.2 Å². The van der Waals surface area contributed by atoms with Gasteiger partial charge in [-0.1, -0.05) is 0 Å². The van der Waals surface area contributed by atoms with Gasteiger partial charge in [0.1, 0.15) is 18.3 Å². The number of nitrogens with two attached hydrogens (primary N) is 1. The molecule has 0 saturated carbocycles. The molecule has 1 fully saturated rings. The van der Waals surface area contributed by atoms with Gasteiger partial charge in [-0.25, -0.2) is 0 Å². The SMILES string of the molecule is N[C@@H]1[C@@H](O)[C@H](O)[C@@H](CO)O[C@H]1O.[Cl-].[Na+]. The molecular formula is C6H13ClNNaO5. The third-order valence-electron chi connectivity index (χ3n) is 1.95. The van der Waals surface area contributed by atoms with Crippen LogP contribution in [0.25, 0.3) is 0 Å².